The molecule has 2 atom stereocenters. The van der Waals surface area contributed by atoms with Crippen molar-refractivity contribution in [3.8, 4) is 0 Å². The molecule has 0 aromatic carbocycles. The first-order valence-corrected chi connectivity index (χ1v) is 13.4. The smallest absolute Gasteiger partial charge is 0.416 e. The Morgan fingerprint density at radius 1 is 1.07 bits per heavy atom. The fourth-order valence-electron chi connectivity index (χ4n) is 4.37. The van der Waals surface area contributed by atoms with Crippen LogP contribution in [0.15, 0.2) is 0 Å². The van der Waals surface area contributed by atoms with Gasteiger partial charge in [0.15, 0.2) is 8.32 Å². The maximum absolute atomic E-state index is 12.9. The molecule has 6 heteroatoms. The number of likely N-dealkylation sites (tertiary alicyclic amines) is 1. The van der Waals surface area contributed by atoms with E-state index in [1.54, 1.807) is 0 Å². The molecular formula is C21H39NO4Si. The van der Waals surface area contributed by atoms with Gasteiger partial charge in [0, 0.05) is 0 Å². The zero-order valence-corrected chi connectivity index (χ0v) is 19.2. The third-order valence-electron chi connectivity index (χ3n) is 6.36. The molecule has 1 aliphatic heterocycles. The number of ether oxygens (including phenoxy) is 1. The Bertz CT molecular complexity index is 513. The highest BCUT2D eigenvalue weighted by Crippen LogP contribution is 2.40. The molecule has 2 aliphatic rings. The average Bonchev–Trinajstić information content (AvgIpc) is 2.65. The van der Waals surface area contributed by atoms with E-state index in [1.807, 2.05) is 20.8 Å². The van der Waals surface area contributed by atoms with Gasteiger partial charge in [-0.3, -0.25) is 4.79 Å². The molecule has 1 heterocycles. The zero-order chi connectivity index (χ0) is 20.2. The number of rotatable bonds is 7. The quantitative estimate of drug-likeness (QED) is 0.429. The predicted molar refractivity (Wildman–Crippen MR) is 110 cm³/mol. The molecular weight excluding hydrogens is 358 g/mol. The highest BCUT2D eigenvalue weighted by atomic mass is 28.4. The van der Waals surface area contributed by atoms with Crippen molar-refractivity contribution < 1.29 is 18.8 Å². The molecule has 0 N–H and O–H groups in total. The molecule has 0 bridgehead atoms. The lowest BCUT2D eigenvalue weighted by Gasteiger charge is -2.51. The van der Waals surface area contributed by atoms with Crippen LogP contribution < -0.4 is 0 Å². The van der Waals surface area contributed by atoms with Gasteiger partial charge in [-0.15, -0.1) is 0 Å². The summed E-state index contributed by atoms with van der Waals surface area (Å²) in [5.41, 5.74) is -0.117. The highest BCUT2D eigenvalue weighted by Gasteiger charge is 2.57. The van der Waals surface area contributed by atoms with Crippen molar-refractivity contribution in [2.45, 2.75) is 104 Å². The molecule has 0 spiro atoms. The van der Waals surface area contributed by atoms with Gasteiger partial charge >= 0.3 is 6.09 Å². The Labute approximate surface area is 166 Å². The second kappa shape index (κ2) is 9.08. The molecule has 2 fully saturated rings. The van der Waals surface area contributed by atoms with Crippen molar-refractivity contribution in [2.24, 2.45) is 11.3 Å². The largest absolute Gasteiger partial charge is 0.449 e. The predicted octanol–water partition coefficient (Wildman–Crippen LogP) is 5.35. The van der Waals surface area contributed by atoms with Gasteiger partial charge in [0.1, 0.15) is 6.10 Å². The van der Waals surface area contributed by atoms with Crippen molar-refractivity contribution in [2.75, 3.05) is 6.61 Å². The number of carbonyl (C=O) groups excluding carboxylic acids is 2. The van der Waals surface area contributed by atoms with E-state index >= 15 is 0 Å². The fourth-order valence-corrected chi connectivity index (χ4v) is 7.14. The third-order valence-corrected chi connectivity index (χ3v) is 11.0. The summed E-state index contributed by atoms with van der Waals surface area (Å²) in [7, 11) is -1.91. The molecule has 0 aromatic rings. The molecule has 0 unspecified atom stereocenters. The van der Waals surface area contributed by atoms with Gasteiger partial charge in [-0.2, -0.15) is 0 Å². The van der Waals surface area contributed by atoms with Crippen LogP contribution in [0.5, 0.6) is 0 Å². The van der Waals surface area contributed by atoms with Crippen molar-refractivity contribution in [3.63, 3.8) is 0 Å². The molecule has 1 saturated carbocycles. The molecule has 5 nitrogen and oxygen atoms in total. The first-order valence-electron chi connectivity index (χ1n) is 10.9. The lowest BCUT2D eigenvalue weighted by atomic mass is 9.77. The maximum Gasteiger partial charge on any atom is 0.416 e. The lowest BCUT2D eigenvalue weighted by molar-refractivity contribution is -0.165. The van der Waals surface area contributed by atoms with Crippen LogP contribution in [0.3, 0.4) is 0 Å². The standard InChI is InChI=1S/C21H39NO4Si/c1-7-27(8-2,9-3)26-18-17(16-13-11-10-12-14-16)22(19(18)23)20(24)25-15-21(4,5)6/h16-18H,7-15H2,1-6H3/t17-,18+/m0/s1. The van der Waals surface area contributed by atoms with Crippen LogP contribution in [-0.2, 0) is 14.0 Å². The zero-order valence-electron chi connectivity index (χ0n) is 18.2. The Balaban J connectivity index is 2.17. The fraction of sp³-hybridized carbons (Fsp3) is 0.905. The summed E-state index contributed by atoms with van der Waals surface area (Å²) < 4.78 is 12.0. The number of amides is 2. The Kier molecular flexibility index (Phi) is 7.53. The first-order chi connectivity index (χ1) is 12.7. The van der Waals surface area contributed by atoms with Crippen molar-refractivity contribution in [1.82, 2.24) is 4.90 Å². The van der Waals surface area contributed by atoms with Gasteiger partial charge in [0.2, 0.25) is 0 Å². The second-order valence-corrected chi connectivity index (χ2v) is 14.2. The van der Waals surface area contributed by atoms with Gasteiger partial charge in [-0.1, -0.05) is 60.8 Å². The van der Waals surface area contributed by atoms with Crippen LogP contribution in [0, 0.1) is 11.3 Å². The lowest BCUT2D eigenvalue weighted by Crippen LogP contribution is -2.72. The monoisotopic (exact) mass is 397 g/mol. The Morgan fingerprint density at radius 2 is 1.63 bits per heavy atom. The van der Waals surface area contributed by atoms with Crippen LogP contribution >= 0.6 is 0 Å². The van der Waals surface area contributed by atoms with Crippen molar-refractivity contribution >= 4 is 20.3 Å². The summed E-state index contributed by atoms with van der Waals surface area (Å²) in [6.45, 7) is 12.9. The Hall–Kier alpha value is -0.883. The van der Waals surface area contributed by atoms with Crippen LogP contribution in [0.25, 0.3) is 0 Å². The summed E-state index contributed by atoms with van der Waals surface area (Å²) in [6.07, 6.45) is 4.80. The molecule has 27 heavy (non-hydrogen) atoms. The van der Waals surface area contributed by atoms with Crippen molar-refractivity contribution in [1.29, 1.82) is 0 Å². The van der Waals surface area contributed by atoms with E-state index in [9.17, 15) is 9.59 Å². The SMILES string of the molecule is CC[Si](CC)(CC)O[C@H]1C(=O)N(C(=O)OCC(C)(C)C)[C@H]1C1CCCCC1. The molecule has 1 aliphatic carbocycles. The van der Waals surface area contributed by atoms with E-state index in [1.165, 1.54) is 24.2 Å². The van der Waals surface area contributed by atoms with E-state index in [-0.39, 0.29) is 17.4 Å². The molecule has 2 rings (SSSR count). The molecule has 2 amide bonds. The number of imide groups is 1. The van der Waals surface area contributed by atoms with E-state index in [2.05, 4.69) is 20.8 Å². The molecule has 0 aromatic heterocycles. The number of carbonyl (C=O) groups is 2. The van der Waals surface area contributed by atoms with Gasteiger partial charge < -0.3 is 9.16 Å². The van der Waals surface area contributed by atoms with E-state index in [0.29, 0.717) is 12.5 Å². The number of hydrogen-bond donors (Lipinski definition) is 0. The third kappa shape index (κ3) is 5.14. The summed E-state index contributed by atoms with van der Waals surface area (Å²) in [5, 5.41) is 0. The van der Waals surface area contributed by atoms with Crippen LogP contribution in [0.1, 0.15) is 73.6 Å². The van der Waals surface area contributed by atoms with Crippen LogP contribution in [0.4, 0.5) is 4.79 Å². The highest BCUT2D eigenvalue weighted by molar-refractivity contribution is 6.73. The molecule has 156 valence electrons. The first kappa shape index (κ1) is 22.4. The maximum atomic E-state index is 12.9. The Morgan fingerprint density at radius 3 is 2.11 bits per heavy atom. The summed E-state index contributed by atoms with van der Waals surface area (Å²) >= 11 is 0. The van der Waals surface area contributed by atoms with Gasteiger partial charge in [0.25, 0.3) is 5.91 Å². The summed E-state index contributed by atoms with van der Waals surface area (Å²) in [6, 6.07) is 2.89. The van der Waals surface area contributed by atoms with E-state index in [0.717, 1.165) is 31.0 Å². The van der Waals surface area contributed by atoms with E-state index in [4.69, 9.17) is 9.16 Å². The number of hydrogen-bond acceptors (Lipinski definition) is 4. The normalized spacial score (nSPS) is 24.7. The summed E-state index contributed by atoms with van der Waals surface area (Å²) in [4.78, 5) is 27.0. The minimum atomic E-state index is -1.91. The second-order valence-electron chi connectivity index (χ2n) is 9.49. The van der Waals surface area contributed by atoms with Gasteiger partial charge in [-0.05, 0) is 42.3 Å². The average molecular weight is 398 g/mol. The molecule has 1 saturated heterocycles. The van der Waals surface area contributed by atoms with Gasteiger partial charge in [-0.25, -0.2) is 9.69 Å². The minimum absolute atomic E-state index is 0.117. The number of β-lactam (4-membered cyclic amide) rings is 1. The van der Waals surface area contributed by atoms with Crippen molar-refractivity contribution in [3.05, 3.63) is 0 Å². The summed E-state index contributed by atoms with van der Waals surface area (Å²) in [5.74, 6) is 0.164. The minimum Gasteiger partial charge on any atom is -0.449 e. The van der Waals surface area contributed by atoms with Gasteiger partial charge in [0.05, 0.1) is 12.6 Å². The molecule has 0 radical (unpaired) electrons. The number of nitrogens with zero attached hydrogens (tertiary/aromatic N) is 1. The van der Waals surface area contributed by atoms with Crippen LogP contribution in [0.2, 0.25) is 18.1 Å². The van der Waals surface area contributed by atoms with E-state index < -0.39 is 20.5 Å². The topological polar surface area (TPSA) is 55.8 Å². The van der Waals surface area contributed by atoms with Crippen LogP contribution in [-0.4, -0.2) is 44.0 Å².